The number of nitrogens with one attached hydrogen (secondary N) is 1. The highest BCUT2D eigenvalue weighted by Crippen LogP contribution is 2.32. The Kier molecular flexibility index (Phi) is 4.78. The van der Waals surface area contributed by atoms with Crippen molar-refractivity contribution in [2.75, 3.05) is 6.54 Å². The predicted molar refractivity (Wildman–Crippen MR) is 65.5 cm³/mol. The van der Waals surface area contributed by atoms with Crippen LogP contribution in [-0.2, 0) is 4.79 Å². The molecule has 1 aliphatic rings. The quantitative estimate of drug-likeness (QED) is 0.759. The molecule has 0 aromatic carbocycles. The molecule has 1 fully saturated rings. The van der Waals surface area contributed by atoms with E-state index in [1.165, 1.54) is 0 Å². The molecule has 1 saturated carbocycles. The summed E-state index contributed by atoms with van der Waals surface area (Å²) in [7, 11) is 0. The third kappa shape index (κ3) is 3.48. The van der Waals surface area contributed by atoms with Gasteiger partial charge in [-0.1, -0.05) is 20.8 Å². The summed E-state index contributed by atoms with van der Waals surface area (Å²) in [6, 6.07) is 0. The molecule has 1 rings (SSSR count). The number of carboxylic acids is 1. The highest BCUT2D eigenvalue weighted by atomic mass is 16.4. The van der Waals surface area contributed by atoms with Crippen LogP contribution in [0.15, 0.2) is 0 Å². The van der Waals surface area contributed by atoms with Gasteiger partial charge in [-0.3, -0.25) is 4.79 Å². The molecule has 16 heavy (non-hydrogen) atoms. The van der Waals surface area contributed by atoms with E-state index in [0.29, 0.717) is 11.8 Å². The van der Waals surface area contributed by atoms with Gasteiger partial charge in [0.2, 0.25) is 0 Å². The SMILES string of the molecule is CC(C)CCNC1(C(=O)O)CCC(C)CC1. The fourth-order valence-corrected chi connectivity index (χ4v) is 2.32. The van der Waals surface area contributed by atoms with Crippen LogP contribution in [0.25, 0.3) is 0 Å². The molecule has 0 aliphatic heterocycles. The third-order valence-electron chi connectivity index (χ3n) is 3.72. The van der Waals surface area contributed by atoms with Gasteiger partial charge in [-0.05, 0) is 50.5 Å². The van der Waals surface area contributed by atoms with Gasteiger partial charge in [0.15, 0.2) is 0 Å². The minimum atomic E-state index is -0.664. The van der Waals surface area contributed by atoms with Crippen molar-refractivity contribution in [3.8, 4) is 0 Å². The van der Waals surface area contributed by atoms with Crippen LogP contribution in [-0.4, -0.2) is 23.2 Å². The zero-order valence-corrected chi connectivity index (χ0v) is 10.8. The maximum absolute atomic E-state index is 11.4. The third-order valence-corrected chi connectivity index (χ3v) is 3.72. The van der Waals surface area contributed by atoms with Crippen molar-refractivity contribution in [3.05, 3.63) is 0 Å². The molecule has 94 valence electrons. The van der Waals surface area contributed by atoms with Crippen LogP contribution >= 0.6 is 0 Å². The molecular formula is C13H25NO2. The Bertz CT molecular complexity index is 230. The number of carbonyl (C=O) groups is 1. The van der Waals surface area contributed by atoms with Gasteiger partial charge >= 0.3 is 5.97 Å². The minimum absolute atomic E-state index is 0.626. The van der Waals surface area contributed by atoms with Crippen LogP contribution < -0.4 is 5.32 Å². The Morgan fingerprint density at radius 2 is 2.00 bits per heavy atom. The van der Waals surface area contributed by atoms with Crippen molar-refractivity contribution in [2.24, 2.45) is 11.8 Å². The van der Waals surface area contributed by atoms with E-state index in [4.69, 9.17) is 0 Å². The van der Waals surface area contributed by atoms with Gasteiger partial charge in [-0.25, -0.2) is 0 Å². The second-order valence-electron chi connectivity index (χ2n) is 5.68. The molecule has 0 spiro atoms. The monoisotopic (exact) mass is 227 g/mol. The van der Waals surface area contributed by atoms with Crippen molar-refractivity contribution in [3.63, 3.8) is 0 Å². The standard InChI is InChI=1S/C13H25NO2/c1-10(2)6-9-14-13(12(15)16)7-4-11(3)5-8-13/h10-11,14H,4-9H2,1-3H3,(H,15,16). The van der Waals surface area contributed by atoms with Gasteiger partial charge in [0.1, 0.15) is 5.54 Å². The number of carboxylic acid groups (broad SMARTS) is 1. The molecule has 0 amide bonds. The van der Waals surface area contributed by atoms with Crippen LogP contribution in [0.5, 0.6) is 0 Å². The normalized spacial score (nSPS) is 30.6. The molecule has 0 bridgehead atoms. The molecular weight excluding hydrogens is 202 g/mol. The molecule has 3 heteroatoms. The lowest BCUT2D eigenvalue weighted by Gasteiger charge is -2.36. The fourth-order valence-electron chi connectivity index (χ4n) is 2.32. The van der Waals surface area contributed by atoms with Gasteiger partial charge in [0, 0.05) is 0 Å². The van der Waals surface area contributed by atoms with E-state index in [9.17, 15) is 9.90 Å². The van der Waals surface area contributed by atoms with Crippen molar-refractivity contribution < 1.29 is 9.90 Å². The lowest BCUT2D eigenvalue weighted by molar-refractivity contribution is -0.146. The fraction of sp³-hybridized carbons (Fsp3) is 0.923. The number of hydrogen-bond acceptors (Lipinski definition) is 2. The van der Waals surface area contributed by atoms with Gasteiger partial charge in [-0.15, -0.1) is 0 Å². The first-order valence-corrected chi connectivity index (χ1v) is 6.45. The first kappa shape index (κ1) is 13.5. The molecule has 2 N–H and O–H groups in total. The average molecular weight is 227 g/mol. The lowest BCUT2D eigenvalue weighted by Crippen LogP contribution is -2.54. The molecule has 0 aromatic heterocycles. The second kappa shape index (κ2) is 5.67. The van der Waals surface area contributed by atoms with Crippen molar-refractivity contribution in [1.82, 2.24) is 5.32 Å². The van der Waals surface area contributed by atoms with Crippen molar-refractivity contribution in [1.29, 1.82) is 0 Å². The summed E-state index contributed by atoms with van der Waals surface area (Å²) in [5.41, 5.74) is -0.637. The molecule has 1 aliphatic carbocycles. The minimum Gasteiger partial charge on any atom is -0.480 e. The molecule has 0 saturated heterocycles. The van der Waals surface area contributed by atoms with Gasteiger partial charge in [0.05, 0.1) is 0 Å². The molecule has 0 radical (unpaired) electrons. The maximum atomic E-state index is 11.4. The summed E-state index contributed by atoms with van der Waals surface area (Å²) in [5.74, 6) is 0.642. The zero-order chi connectivity index (χ0) is 12.2. The summed E-state index contributed by atoms with van der Waals surface area (Å²) in [5, 5.41) is 12.7. The van der Waals surface area contributed by atoms with Gasteiger partial charge in [0.25, 0.3) is 0 Å². The summed E-state index contributed by atoms with van der Waals surface area (Å²) in [6.07, 6.45) is 4.66. The first-order chi connectivity index (χ1) is 7.46. The molecule has 0 heterocycles. The summed E-state index contributed by atoms with van der Waals surface area (Å²) < 4.78 is 0. The predicted octanol–water partition coefficient (Wildman–Crippen LogP) is 2.66. The van der Waals surface area contributed by atoms with E-state index in [1.807, 2.05) is 0 Å². The van der Waals surface area contributed by atoms with E-state index in [1.54, 1.807) is 0 Å². The van der Waals surface area contributed by atoms with Crippen molar-refractivity contribution in [2.45, 2.75) is 58.4 Å². The van der Waals surface area contributed by atoms with Crippen LogP contribution in [0.3, 0.4) is 0 Å². The number of hydrogen-bond donors (Lipinski definition) is 2. The molecule has 0 atom stereocenters. The van der Waals surface area contributed by atoms with Crippen LogP contribution in [0.4, 0.5) is 0 Å². The van der Waals surface area contributed by atoms with E-state index in [-0.39, 0.29) is 0 Å². The van der Waals surface area contributed by atoms with E-state index < -0.39 is 11.5 Å². The number of rotatable bonds is 5. The van der Waals surface area contributed by atoms with Gasteiger partial charge in [-0.2, -0.15) is 0 Å². The van der Waals surface area contributed by atoms with E-state index in [2.05, 4.69) is 26.1 Å². The Morgan fingerprint density at radius 3 is 2.44 bits per heavy atom. The highest BCUT2D eigenvalue weighted by molar-refractivity contribution is 5.78. The molecule has 0 aromatic rings. The Hall–Kier alpha value is -0.570. The van der Waals surface area contributed by atoms with Gasteiger partial charge < -0.3 is 10.4 Å². The average Bonchev–Trinajstić information content (AvgIpc) is 2.20. The summed E-state index contributed by atoms with van der Waals surface area (Å²) in [6.45, 7) is 7.36. The zero-order valence-electron chi connectivity index (χ0n) is 10.8. The summed E-state index contributed by atoms with van der Waals surface area (Å²) in [4.78, 5) is 11.4. The number of aliphatic carboxylic acids is 1. The van der Waals surface area contributed by atoms with Crippen LogP contribution in [0, 0.1) is 11.8 Å². The molecule has 0 unspecified atom stereocenters. The van der Waals surface area contributed by atoms with E-state index in [0.717, 1.165) is 38.6 Å². The summed E-state index contributed by atoms with van der Waals surface area (Å²) >= 11 is 0. The highest BCUT2D eigenvalue weighted by Gasteiger charge is 2.40. The largest absolute Gasteiger partial charge is 0.480 e. The van der Waals surface area contributed by atoms with Crippen molar-refractivity contribution >= 4 is 5.97 Å². The molecule has 3 nitrogen and oxygen atoms in total. The maximum Gasteiger partial charge on any atom is 0.323 e. The van der Waals surface area contributed by atoms with E-state index >= 15 is 0 Å². The smallest absolute Gasteiger partial charge is 0.323 e. The Balaban J connectivity index is 2.50. The van der Waals surface area contributed by atoms with Crippen LogP contribution in [0.1, 0.15) is 52.9 Å². The Morgan fingerprint density at radius 1 is 1.44 bits per heavy atom. The topological polar surface area (TPSA) is 49.3 Å². The Labute approximate surface area is 98.6 Å². The second-order valence-corrected chi connectivity index (χ2v) is 5.68. The lowest BCUT2D eigenvalue weighted by atomic mass is 9.77. The first-order valence-electron chi connectivity index (χ1n) is 6.45. The van der Waals surface area contributed by atoms with Crippen LogP contribution in [0.2, 0.25) is 0 Å².